The van der Waals surface area contributed by atoms with Crippen LogP contribution < -0.4 is 5.73 Å². The van der Waals surface area contributed by atoms with Gasteiger partial charge in [0.2, 0.25) is 0 Å². The highest BCUT2D eigenvalue weighted by Gasteiger charge is 2.03. The quantitative estimate of drug-likeness (QED) is 0.712. The van der Waals surface area contributed by atoms with Crippen molar-refractivity contribution >= 4 is 0 Å². The molecular weight excluding hydrogens is 190 g/mol. The van der Waals surface area contributed by atoms with Gasteiger partial charge in [-0.3, -0.25) is 4.68 Å². The minimum absolute atomic E-state index is 0.606. The Hall–Kier alpha value is -0.940. The lowest BCUT2D eigenvalue weighted by molar-refractivity contribution is 0.317. The van der Waals surface area contributed by atoms with E-state index in [0.29, 0.717) is 6.54 Å². The molecule has 86 valence electrons. The first kappa shape index (κ1) is 12.1. The van der Waals surface area contributed by atoms with E-state index in [-0.39, 0.29) is 0 Å². The molecule has 5 heteroatoms. The molecule has 0 amide bonds. The van der Waals surface area contributed by atoms with Crippen molar-refractivity contribution in [2.75, 3.05) is 20.1 Å². The SMILES string of the molecule is CCCCN(C)Cc1cn(CCN)nn1. The number of hydrogen-bond acceptors (Lipinski definition) is 4. The summed E-state index contributed by atoms with van der Waals surface area (Å²) < 4.78 is 1.79. The van der Waals surface area contributed by atoms with Crippen molar-refractivity contribution in [1.29, 1.82) is 0 Å². The molecule has 0 fully saturated rings. The van der Waals surface area contributed by atoms with Gasteiger partial charge in [0.1, 0.15) is 0 Å². The molecule has 0 radical (unpaired) electrons. The highest BCUT2D eigenvalue weighted by molar-refractivity contribution is 4.91. The lowest BCUT2D eigenvalue weighted by Crippen LogP contribution is -2.19. The summed E-state index contributed by atoms with van der Waals surface area (Å²) in [5.41, 5.74) is 6.45. The van der Waals surface area contributed by atoms with Crippen molar-refractivity contribution in [2.24, 2.45) is 5.73 Å². The molecule has 0 spiro atoms. The van der Waals surface area contributed by atoms with Crippen molar-refractivity contribution in [3.63, 3.8) is 0 Å². The molecule has 0 saturated carbocycles. The van der Waals surface area contributed by atoms with Gasteiger partial charge in [0.05, 0.1) is 12.2 Å². The molecule has 1 aromatic rings. The first-order valence-corrected chi connectivity index (χ1v) is 5.54. The zero-order valence-electron chi connectivity index (χ0n) is 9.69. The van der Waals surface area contributed by atoms with Crippen molar-refractivity contribution in [1.82, 2.24) is 19.9 Å². The molecule has 0 unspecified atom stereocenters. The molecular formula is C10H21N5. The second-order valence-electron chi connectivity index (χ2n) is 3.85. The fourth-order valence-electron chi connectivity index (χ4n) is 1.44. The van der Waals surface area contributed by atoms with Gasteiger partial charge in [-0.15, -0.1) is 5.10 Å². The summed E-state index contributed by atoms with van der Waals surface area (Å²) in [6.45, 7) is 5.52. The minimum atomic E-state index is 0.606. The zero-order chi connectivity index (χ0) is 11.1. The normalized spacial score (nSPS) is 11.2. The van der Waals surface area contributed by atoms with Crippen LogP contribution in [0, 0.1) is 0 Å². The second kappa shape index (κ2) is 6.53. The van der Waals surface area contributed by atoms with Gasteiger partial charge in [-0.25, -0.2) is 0 Å². The summed E-state index contributed by atoms with van der Waals surface area (Å²) in [6, 6.07) is 0. The first-order valence-electron chi connectivity index (χ1n) is 5.54. The van der Waals surface area contributed by atoms with Crippen molar-refractivity contribution in [2.45, 2.75) is 32.9 Å². The van der Waals surface area contributed by atoms with E-state index < -0.39 is 0 Å². The molecule has 0 aliphatic carbocycles. The summed E-state index contributed by atoms with van der Waals surface area (Å²) in [5.74, 6) is 0. The Morgan fingerprint density at radius 1 is 1.53 bits per heavy atom. The fraction of sp³-hybridized carbons (Fsp3) is 0.800. The third kappa shape index (κ3) is 4.40. The summed E-state index contributed by atoms with van der Waals surface area (Å²) in [6.07, 6.45) is 4.42. The molecule has 1 heterocycles. The van der Waals surface area contributed by atoms with Gasteiger partial charge in [-0.1, -0.05) is 18.6 Å². The second-order valence-corrected chi connectivity index (χ2v) is 3.85. The summed E-state index contributed by atoms with van der Waals surface area (Å²) in [5, 5.41) is 8.10. The third-order valence-corrected chi connectivity index (χ3v) is 2.27. The molecule has 5 nitrogen and oxygen atoms in total. The molecule has 0 bridgehead atoms. The van der Waals surface area contributed by atoms with E-state index in [2.05, 4.69) is 29.2 Å². The Morgan fingerprint density at radius 2 is 2.33 bits per heavy atom. The number of nitrogens with zero attached hydrogens (tertiary/aromatic N) is 4. The van der Waals surface area contributed by atoms with E-state index in [4.69, 9.17) is 5.73 Å². The molecule has 0 aliphatic rings. The average Bonchev–Trinajstić information content (AvgIpc) is 2.63. The van der Waals surface area contributed by atoms with Crippen molar-refractivity contribution in [3.05, 3.63) is 11.9 Å². The molecule has 2 N–H and O–H groups in total. The van der Waals surface area contributed by atoms with Crippen LogP contribution in [0.25, 0.3) is 0 Å². The topological polar surface area (TPSA) is 60.0 Å². The Kier molecular flexibility index (Phi) is 5.28. The van der Waals surface area contributed by atoms with Gasteiger partial charge >= 0.3 is 0 Å². The predicted molar refractivity (Wildman–Crippen MR) is 60.3 cm³/mol. The zero-order valence-corrected chi connectivity index (χ0v) is 9.69. The highest BCUT2D eigenvalue weighted by Crippen LogP contribution is 2.00. The molecule has 1 rings (SSSR count). The first-order chi connectivity index (χ1) is 7.26. The maximum atomic E-state index is 5.44. The third-order valence-electron chi connectivity index (χ3n) is 2.27. The van der Waals surface area contributed by atoms with Crippen LogP contribution in [0.4, 0.5) is 0 Å². The van der Waals surface area contributed by atoms with Gasteiger partial charge in [-0.2, -0.15) is 0 Å². The van der Waals surface area contributed by atoms with E-state index in [9.17, 15) is 0 Å². The van der Waals surface area contributed by atoms with E-state index in [0.717, 1.165) is 25.3 Å². The Balaban J connectivity index is 2.35. The van der Waals surface area contributed by atoms with Gasteiger partial charge in [0, 0.05) is 19.3 Å². The fourth-order valence-corrected chi connectivity index (χ4v) is 1.44. The van der Waals surface area contributed by atoms with E-state index in [1.165, 1.54) is 12.8 Å². The molecule has 1 aromatic heterocycles. The van der Waals surface area contributed by atoms with Gasteiger partial charge in [0.25, 0.3) is 0 Å². The Labute approximate surface area is 91.2 Å². The largest absolute Gasteiger partial charge is 0.329 e. The van der Waals surface area contributed by atoms with Crippen LogP contribution in [-0.4, -0.2) is 40.0 Å². The summed E-state index contributed by atoms with van der Waals surface area (Å²) in [4.78, 5) is 2.26. The lowest BCUT2D eigenvalue weighted by Gasteiger charge is -2.13. The van der Waals surface area contributed by atoms with Crippen LogP contribution >= 0.6 is 0 Å². The minimum Gasteiger partial charge on any atom is -0.329 e. The standard InChI is InChI=1S/C10H21N5/c1-3-4-6-14(2)8-10-9-15(7-5-11)13-12-10/h9H,3-8,11H2,1-2H3. The van der Waals surface area contributed by atoms with Gasteiger partial charge in [-0.05, 0) is 20.0 Å². The molecule has 0 saturated heterocycles. The Morgan fingerprint density at radius 3 is 3.00 bits per heavy atom. The molecule has 0 atom stereocenters. The smallest absolute Gasteiger partial charge is 0.0967 e. The maximum Gasteiger partial charge on any atom is 0.0967 e. The van der Waals surface area contributed by atoms with E-state index >= 15 is 0 Å². The van der Waals surface area contributed by atoms with Crippen LogP contribution in [0.5, 0.6) is 0 Å². The van der Waals surface area contributed by atoms with Crippen LogP contribution in [0.3, 0.4) is 0 Å². The number of aromatic nitrogens is 3. The maximum absolute atomic E-state index is 5.44. The van der Waals surface area contributed by atoms with Crippen LogP contribution in [0.15, 0.2) is 6.20 Å². The van der Waals surface area contributed by atoms with Gasteiger partial charge < -0.3 is 10.6 Å². The molecule has 15 heavy (non-hydrogen) atoms. The van der Waals surface area contributed by atoms with E-state index in [1.807, 2.05) is 6.20 Å². The number of unbranched alkanes of at least 4 members (excludes halogenated alkanes) is 1. The average molecular weight is 211 g/mol. The van der Waals surface area contributed by atoms with Gasteiger partial charge in [0.15, 0.2) is 0 Å². The number of hydrogen-bond donors (Lipinski definition) is 1. The van der Waals surface area contributed by atoms with Crippen molar-refractivity contribution in [3.8, 4) is 0 Å². The van der Waals surface area contributed by atoms with Crippen LogP contribution in [0.2, 0.25) is 0 Å². The predicted octanol–water partition coefficient (Wildman–Crippen LogP) is 0.469. The summed E-state index contributed by atoms with van der Waals surface area (Å²) >= 11 is 0. The lowest BCUT2D eigenvalue weighted by atomic mass is 10.3. The van der Waals surface area contributed by atoms with Crippen LogP contribution in [0.1, 0.15) is 25.5 Å². The number of rotatable bonds is 7. The van der Waals surface area contributed by atoms with E-state index in [1.54, 1.807) is 4.68 Å². The number of nitrogens with two attached hydrogens (primary N) is 1. The van der Waals surface area contributed by atoms with Crippen molar-refractivity contribution < 1.29 is 0 Å². The van der Waals surface area contributed by atoms with Crippen LogP contribution in [-0.2, 0) is 13.1 Å². The molecule has 0 aromatic carbocycles. The monoisotopic (exact) mass is 211 g/mol. The summed E-state index contributed by atoms with van der Waals surface area (Å²) in [7, 11) is 2.11. The molecule has 0 aliphatic heterocycles. The highest BCUT2D eigenvalue weighted by atomic mass is 15.4. The Bertz CT molecular complexity index is 271.